The quantitative estimate of drug-likeness (QED) is 0.0233. The van der Waals surface area contributed by atoms with Gasteiger partial charge in [0.2, 0.25) is 0 Å². The number of allylic oxidation sites excluding steroid dienone is 16. The zero-order valence-corrected chi connectivity index (χ0v) is 40.3. The molecule has 0 aromatic heterocycles. The number of nitrogens with two attached hydrogens (primary N) is 1. The molecule has 0 radical (unpaired) electrons. The fraction of sp³-hybridized carbons (Fsp3) is 0.654. The van der Waals surface area contributed by atoms with E-state index in [0.29, 0.717) is 13.0 Å². The predicted molar refractivity (Wildman–Crippen MR) is 263 cm³/mol. The third-order valence-electron chi connectivity index (χ3n) is 9.86. The number of hydrogen-bond acceptors (Lipinski definition) is 8. The summed E-state index contributed by atoms with van der Waals surface area (Å²) in [6.07, 6.45) is 61.7. The zero-order chi connectivity index (χ0) is 46.2. The summed E-state index contributed by atoms with van der Waals surface area (Å²) in [7, 11) is -4.63. The second-order valence-corrected chi connectivity index (χ2v) is 17.3. The number of esters is 1. The number of ether oxygens (including phenoxy) is 2. The van der Waals surface area contributed by atoms with Gasteiger partial charge in [-0.3, -0.25) is 18.6 Å². The van der Waals surface area contributed by atoms with Crippen molar-refractivity contribution >= 4 is 19.8 Å². The molecule has 0 rings (SSSR count). The van der Waals surface area contributed by atoms with Crippen LogP contribution in [0.25, 0.3) is 0 Å². The van der Waals surface area contributed by atoms with Crippen LogP contribution in [0.1, 0.15) is 181 Å². The van der Waals surface area contributed by atoms with Crippen molar-refractivity contribution in [2.45, 2.75) is 193 Å². The van der Waals surface area contributed by atoms with Gasteiger partial charge in [-0.05, 0) is 89.9 Å². The van der Waals surface area contributed by atoms with Gasteiger partial charge in [-0.1, -0.05) is 182 Å². The first-order valence-electron chi connectivity index (χ1n) is 24.3. The summed E-state index contributed by atoms with van der Waals surface area (Å²) in [6.45, 7) is 3.61. The molecule has 10 nitrogen and oxygen atoms in total. The molecular formula is C52H88NO9P. The van der Waals surface area contributed by atoms with Crippen LogP contribution in [0.2, 0.25) is 0 Å². The summed E-state index contributed by atoms with van der Waals surface area (Å²) in [4.78, 5) is 33.7. The minimum absolute atomic E-state index is 0.0000391. The number of hydrogen-bond donors (Lipinski definition) is 3. The molecule has 0 spiro atoms. The topological polar surface area (TPSA) is 155 Å². The first-order chi connectivity index (χ1) is 30.7. The number of unbranched alkanes of at least 4 members (excludes halogenated alkanes) is 15. The molecule has 11 heteroatoms. The average molecular weight is 902 g/mol. The Morgan fingerprint density at radius 3 is 1.30 bits per heavy atom. The minimum atomic E-state index is -4.63. The molecule has 3 unspecified atom stereocenters. The largest absolute Gasteiger partial charge is 0.480 e. The van der Waals surface area contributed by atoms with Gasteiger partial charge in [0, 0.05) is 13.0 Å². The Morgan fingerprint density at radius 2 is 0.873 bits per heavy atom. The number of aliphatic carboxylic acids is 1. The van der Waals surface area contributed by atoms with E-state index in [1.165, 1.54) is 51.4 Å². The van der Waals surface area contributed by atoms with E-state index in [1.807, 2.05) is 0 Å². The van der Waals surface area contributed by atoms with Crippen LogP contribution >= 0.6 is 7.82 Å². The zero-order valence-electron chi connectivity index (χ0n) is 39.4. The van der Waals surface area contributed by atoms with Crippen LogP contribution in [-0.2, 0) is 32.7 Å². The molecule has 4 N–H and O–H groups in total. The van der Waals surface area contributed by atoms with Crippen molar-refractivity contribution in [3.05, 3.63) is 97.2 Å². The van der Waals surface area contributed by atoms with Crippen molar-refractivity contribution in [1.82, 2.24) is 0 Å². The van der Waals surface area contributed by atoms with Gasteiger partial charge in [-0.2, -0.15) is 0 Å². The van der Waals surface area contributed by atoms with E-state index >= 15 is 0 Å². The van der Waals surface area contributed by atoms with Gasteiger partial charge in [0.05, 0.1) is 19.8 Å². The molecule has 0 bridgehead atoms. The molecule has 0 aliphatic rings. The smallest absolute Gasteiger partial charge is 0.472 e. The maximum Gasteiger partial charge on any atom is 0.472 e. The number of carboxylic acids is 1. The molecule has 3 atom stereocenters. The minimum Gasteiger partial charge on any atom is -0.480 e. The van der Waals surface area contributed by atoms with Crippen LogP contribution in [0, 0.1) is 0 Å². The van der Waals surface area contributed by atoms with E-state index in [-0.39, 0.29) is 13.0 Å². The lowest BCUT2D eigenvalue weighted by atomic mass is 10.1. The van der Waals surface area contributed by atoms with E-state index < -0.39 is 45.1 Å². The second-order valence-electron chi connectivity index (χ2n) is 15.8. The summed E-state index contributed by atoms with van der Waals surface area (Å²) in [5, 5.41) is 8.92. The Bertz CT molecular complexity index is 1370. The van der Waals surface area contributed by atoms with Gasteiger partial charge in [0.1, 0.15) is 12.1 Å². The maximum absolute atomic E-state index is 12.7. The molecule has 63 heavy (non-hydrogen) atoms. The molecule has 0 aliphatic carbocycles. The standard InChI is InChI=1S/C52H88NO9P/c1-3-5-7-9-11-13-15-17-19-21-23-25-26-28-30-32-34-36-38-40-42-44-51(54)62-49(47-60-63(57,58)61-48-50(53)52(55)56)46-59-45-43-41-39-37-35-33-31-29-27-24-22-20-18-16-14-12-10-8-6-4-2/h5-8,11-14,17-20,23-25,27,49-50H,3-4,9-10,15-16,21-22,26,28-48,53H2,1-2H3,(H,55,56)(H,57,58)/b7-5-,8-6-,13-11-,14-12-,19-17-,20-18-,25-23-,27-24-. The van der Waals surface area contributed by atoms with Crippen molar-refractivity contribution in [3.63, 3.8) is 0 Å². The number of carbonyl (C=O) groups is 2. The third kappa shape index (κ3) is 46.7. The van der Waals surface area contributed by atoms with E-state index in [0.717, 1.165) is 103 Å². The van der Waals surface area contributed by atoms with Crippen LogP contribution in [0.3, 0.4) is 0 Å². The van der Waals surface area contributed by atoms with Crippen molar-refractivity contribution in [3.8, 4) is 0 Å². The molecule has 0 aliphatic heterocycles. The van der Waals surface area contributed by atoms with Crippen LogP contribution in [-0.4, -0.2) is 60.5 Å². The van der Waals surface area contributed by atoms with Crippen LogP contribution in [0.5, 0.6) is 0 Å². The maximum atomic E-state index is 12.7. The highest BCUT2D eigenvalue weighted by atomic mass is 31.2. The van der Waals surface area contributed by atoms with E-state index in [2.05, 4.69) is 111 Å². The third-order valence-corrected chi connectivity index (χ3v) is 10.8. The second kappa shape index (κ2) is 46.9. The summed E-state index contributed by atoms with van der Waals surface area (Å²) >= 11 is 0. The van der Waals surface area contributed by atoms with Crippen LogP contribution in [0.15, 0.2) is 97.2 Å². The Balaban J connectivity index is 4.23. The van der Waals surface area contributed by atoms with Gasteiger partial charge in [-0.15, -0.1) is 0 Å². The molecule has 0 saturated heterocycles. The monoisotopic (exact) mass is 902 g/mol. The number of carboxylic acid groups (broad SMARTS) is 1. The molecule has 0 aromatic rings. The van der Waals surface area contributed by atoms with Crippen molar-refractivity contribution in [2.75, 3.05) is 26.4 Å². The normalized spacial score (nSPS) is 14.6. The van der Waals surface area contributed by atoms with Crippen molar-refractivity contribution < 1.29 is 42.7 Å². The Kier molecular flexibility index (Phi) is 44.6. The fourth-order valence-corrected chi connectivity index (χ4v) is 6.95. The van der Waals surface area contributed by atoms with Crippen LogP contribution < -0.4 is 5.73 Å². The predicted octanol–water partition coefficient (Wildman–Crippen LogP) is 14.1. The van der Waals surface area contributed by atoms with Crippen molar-refractivity contribution in [2.24, 2.45) is 5.73 Å². The SMILES string of the molecule is CC/C=C\C/C=C\C/C=C\C/C=C\CCCCCCCCCCC(=O)OC(COCCCCCCCCC/C=C\C/C=C\C/C=C\C/C=C\CC)COP(=O)(O)OCC(N)C(=O)O. The fourth-order valence-electron chi connectivity index (χ4n) is 6.17. The Hall–Kier alpha value is -3.11. The highest BCUT2D eigenvalue weighted by molar-refractivity contribution is 7.47. The average Bonchev–Trinajstić information content (AvgIpc) is 3.26. The Morgan fingerprint density at radius 1 is 0.508 bits per heavy atom. The number of phosphoric ester groups is 1. The first-order valence-corrected chi connectivity index (χ1v) is 25.8. The molecule has 0 amide bonds. The van der Waals surface area contributed by atoms with Gasteiger partial charge in [0.25, 0.3) is 0 Å². The summed E-state index contributed by atoms with van der Waals surface area (Å²) < 4.78 is 33.5. The highest BCUT2D eigenvalue weighted by Gasteiger charge is 2.27. The molecule has 0 fully saturated rings. The number of carbonyl (C=O) groups excluding carboxylic acids is 1. The van der Waals surface area contributed by atoms with E-state index in [9.17, 15) is 19.0 Å². The van der Waals surface area contributed by atoms with Gasteiger partial charge in [0.15, 0.2) is 0 Å². The molecule has 0 aromatic carbocycles. The Labute approximate surface area is 383 Å². The van der Waals surface area contributed by atoms with Gasteiger partial charge >= 0.3 is 19.8 Å². The summed E-state index contributed by atoms with van der Waals surface area (Å²) in [6, 6.07) is -1.48. The van der Waals surface area contributed by atoms with Gasteiger partial charge in [-0.25, -0.2) is 4.57 Å². The number of phosphoric acid groups is 1. The lowest BCUT2D eigenvalue weighted by Crippen LogP contribution is -2.34. The van der Waals surface area contributed by atoms with E-state index in [4.69, 9.17) is 29.4 Å². The van der Waals surface area contributed by atoms with E-state index in [1.54, 1.807) is 0 Å². The van der Waals surface area contributed by atoms with Crippen LogP contribution in [0.4, 0.5) is 0 Å². The first kappa shape index (κ1) is 59.9. The van der Waals surface area contributed by atoms with Gasteiger partial charge < -0.3 is 25.2 Å². The lowest BCUT2D eigenvalue weighted by molar-refractivity contribution is -0.154. The lowest BCUT2D eigenvalue weighted by Gasteiger charge is -2.20. The summed E-state index contributed by atoms with van der Waals surface area (Å²) in [5.74, 6) is -1.80. The molecule has 360 valence electrons. The number of rotatable bonds is 45. The highest BCUT2D eigenvalue weighted by Crippen LogP contribution is 2.43. The molecule has 0 saturated carbocycles. The summed E-state index contributed by atoms with van der Waals surface area (Å²) in [5.41, 5.74) is 5.37. The molecular weight excluding hydrogens is 814 g/mol. The van der Waals surface area contributed by atoms with Crippen molar-refractivity contribution in [1.29, 1.82) is 0 Å². The molecule has 0 heterocycles.